The molecular weight excluding hydrogens is 304 g/mol. The van der Waals surface area contributed by atoms with Crippen LogP contribution in [-0.2, 0) is 6.54 Å². The zero-order valence-corrected chi connectivity index (χ0v) is 14.1. The van der Waals surface area contributed by atoms with Crippen LogP contribution in [-0.4, -0.2) is 59.0 Å². The number of hydrogen-bond acceptors (Lipinski definition) is 6. The van der Waals surface area contributed by atoms with Gasteiger partial charge < -0.3 is 15.1 Å². The number of piperazine rings is 1. The molecule has 1 amide bonds. The standard InChI is InChI=1S/C17H22N6O/c1-13-11-15(16(24)19-12-14-5-3-4-6-18-14)21-17(20-13)23-9-7-22(2)8-10-23/h3-6,11H,7-10,12H2,1-2H3,(H,19,24). The molecule has 0 atom stereocenters. The average Bonchev–Trinajstić information content (AvgIpc) is 2.60. The van der Waals surface area contributed by atoms with Crippen LogP contribution < -0.4 is 10.2 Å². The predicted molar refractivity (Wildman–Crippen MR) is 91.9 cm³/mol. The Kier molecular flexibility index (Phi) is 5.00. The molecule has 2 aromatic rings. The van der Waals surface area contributed by atoms with Crippen molar-refractivity contribution in [2.45, 2.75) is 13.5 Å². The van der Waals surface area contributed by atoms with E-state index in [9.17, 15) is 4.79 Å². The smallest absolute Gasteiger partial charge is 0.270 e. The summed E-state index contributed by atoms with van der Waals surface area (Å²) in [6.45, 7) is 5.95. The Balaban J connectivity index is 1.69. The highest BCUT2D eigenvalue weighted by Crippen LogP contribution is 2.13. The van der Waals surface area contributed by atoms with Crippen molar-refractivity contribution in [3.63, 3.8) is 0 Å². The molecule has 1 N–H and O–H groups in total. The normalized spacial score (nSPS) is 15.3. The van der Waals surface area contributed by atoms with Crippen molar-refractivity contribution in [3.05, 3.63) is 47.5 Å². The molecule has 0 saturated carbocycles. The van der Waals surface area contributed by atoms with Crippen LogP contribution >= 0.6 is 0 Å². The number of hydrogen-bond donors (Lipinski definition) is 1. The molecule has 7 heteroatoms. The summed E-state index contributed by atoms with van der Waals surface area (Å²) in [5.74, 6) is 0.424. The third-order valence-electron chi connectivity index (χ3n) is 4.02. The number of anilines is 1. The quantitative estimate of drug-likeness (QED) is 0.898. The number of rotatable bonds is 4. The fraction of sp³-hybridized carbons (Fsp3) is 0.412. The number of pyridine rings is 1. The van der Waals surface area contributed by atoms with Crippen LogP contribution in [0, 0.1) is 6.92 Å². The second-order valence-electron chi connectivity index (χ2n) is 5.99. The fourth-order valence-electron chi connectivity index (χ4n) is 2.58. The Morgan fingerprint density at radius 3 is 2.71 bits per heavy atom. The third-order valence-corrected chi connectivity index (χ3v) is 4.02. The highest BCUT2D eigenvalue weighted by Gasteiger charge is 2.19. The molecule has 0 bridgehead atoms. The minimum absolute atomic E-state index is 0.207. The third kappa shape index (κ3) is 4.05. The van der Waals surface area contributed by atoms with Gasteiger partial charge in [-0.05, 0) is 32.2 Å². The van der Waals surface area contributed by atoms with Gasteiger partial charge in [0, 0.05) is 38.1 Å². The number of amides is 1. The summed E-state index contributed by atoms with van der Waals surface area (Å²) in [4.78, 5) is 29.9. The molecule has 1 fully saturated rings. The minimum Gasteiger partial charge on any atom is -0.345 e. The Hall–Kier alpha value is -2.54. The van der Waals surface area contributed by atoms with Crippen molar-refractivity contribution < 1.29 is 4.79 Å². The van der Waals surface area contributed by atoms with Gasteiger partial charge in [-0.15, -0.1) is 0 Å². The van der Waals surface area contributed by atoms with E-state index in [1.165, 1.54) is 0 Å². The highest BCUT2D eigenvalue weighted by atomic mass is 16.1. The molecule has 0 aromatic carbocycles. The van der Waals surface area contributed by atoms with Crippen molar-refractivity contribution in [3.8, 4) is 0 Å². The van der Waals surface area contributed by atoms with Gasteiger partial charge >= 0.3 is 0 Å². The van der Waals surface area contributed by atoms with Gasteiger partial charge in [0.05, 0.1) is 12.2 Å². The van der Waals surface area contributed by atoms with Gasteiger partial charge in [0.1, 0.15) is 5.69 Å². The van der Waals surface area contributed by atoms with E-state index in [1.54, 1.807) is 12.3 Å². The summed E-state index contributed by atoms with van der Waals surface area (Å²) < 4.78 is 0. The van der Waals surface area contributed by atoms with Gasteiger partial charge in [-0.3, -0.25) is 9.78 Å². The molecule has 1 saturated heterocycles. The minimum atomic E-state index is -0.207. The zero-order chi connectivity index (χ0) is 16.9. The summed E-state index contributed by atoms with van der Waals surface area (Å²) in [7, 11) is 2.10. The van der Waals surface area contributed by atoms with Crippen LogP contribution in [0.15, 0.2) is 30.5 Å². The topological polar surface area (TPSA) is 74.2 Å². The largest absolute Gasteiger partial charge is 0.345 e. The van der Waals surface area contributed by atoms with E-state index in [0.29, 0.717) is 18.2 Å². The van der Waals surface area contributed by atoms with E-state index in [0.717, 1.165) is 37.6 Å². The number of carbonyl (C=O) groups is 1. The molecule has 0 unspecified atom stereocenters. The molecule has 7 nitrogen and oxygen atoms in total. The molecule has 126 valence electrons. The van der Waals surface area contributed by atoms with Crippen LogP contribution in [0.25, 0.3) is 0 Å². The van der Waals surface area contributed by atoms with Crippen LogP contribution in [0.5, 0.6) is 0 Å². The van der Waals surface area contributed by atoms with Crippen molar-refractivity contribution in [1.82, 2.24) is 25.2 Å². The van der Waals surface area contributed by atoms with E-state index in [4.69, 9.17) is 0 Å². The lowest BCUT2D eigenvalue weighted by molar-refractivity contribution is 0.0945. The Morgan fingerprint density at radius 1 is 1.21 bits per heavy atom. The average molecular weight is 326 g/mol. The van der Waals surface area contributed by atoms with Gasteiger partial charge in [-0.1, -0.05) is 6.07 Å². The van der Waals surface area contributed by atoms with Gasteiger partial charge in [-0.2, -0.15) is 0 Å². The summed E-state index contributed by atoms with van der Waals surface area (Å²) in [5, 5.41) is 2.86. The predicted octanol–water partition coefficient (Wildman–Crippen LogP) is 0.862. The lowest BCUT2D eigenvalue weighted by Crippen LogP contribution is -2.45. The maximum atomic E-state index is 12.4. The summed E-state index contributed by atoms with van der Waals surface area (Å²) >= 11 is 0. The van der Waals surface area contributed by atoms with E-state index in [-0.39, 0.29) is 5.91 Å². The van der Waals surface area contributed by atoms with Crippen LogP contribution in [0.2, 0.25) is 0 Å². The van der Waals surface area contributed by atoms with Crippen LogP contribution in [0.4, 0.5) is 5.95 Å². The SMILES string of the molecule is Cc1cc(C(=O)NCc2ccccn2)nc(N2CCN(C)CC2)n1. The molecule has 24 heavy (non-hydrogen) atoms. The van der Waals surface area contributed by atoms with Gasteiger partial charge in [0.2, 0.25) is 5.95 Å². The molecule has 0 spiro atoms. The Labute approximate surface area is 141 Å². The Morgan fingerprint density at radius 2 is 2.00 bits per heavy atom. The fourth-order valence-corrected chi connectivity index (χ4v) is 2.58. The van der Waals surface area contributed by atoms with E-state index in [2.05, 4.69) is 37.1 Å². The lowest BCUT2D eigenvalue weighted by Gasteiger charge is -2.32. The molecule has 0 aliphatic carbocycles. The van der Waals surface area contributed by atoms with E-state index in [1.807, 2.05) is 25.1 Å². The number of likely N-dealkylation sites (N-methyl/N-ethyl adjacent to an activating group) is 1. The maximum absolute atomic E-state index is 12.4. The first kappa shape index (κ1) is 16.3. The highest BCUT2D eigenvalue weighted by molar-refractivity contribution is 5.92. The Bertz CT molecular complexity index is 697. The summed E-state index contributed by atoms with van der Waals surface area (Å²) in [6.07, 6.45) is 1.71. The molecule has 0 radical (unpaired) electrons. The van der Waals surface area contributed by atoms with Crippen molar-refractivity contribution in [2.24, 2.45) is 0 Å². The molecule has 1 aliphatic heterocycles. The first-order chi connectivity index (χ1) is 11.6. The molecule has 2 aromatic heterocycles. The molecule has 3 heterocycles. The van der Waals surface area contributed by atoms with Gasteiger partial charge in [0.15, 0.2) is 0 Å². The van der Waals surface area contributed by atoms with E-state index >= 15 is 0 Å². The van der Waals surface area contributed by atoms with Crippen LogP contribution in [0.3, 0.4) is 0 Å². The summed E-state index contributed by atoms with van der Waals surface area (Å²) in [6, 6.07) is 7.34. The van der Waals surface area contributed by atoms with Crippen molar-refractivity contribution in [2.75, 3.05) is 38.1 Å². The number of aryl methyl sites for hydroxylation is 1. The van der Waals surface area contributed by atoms with Gasteiger partial charge in [-0.25, -0.2) is 9.97 Å². The monoisotopic (exact) mass is 326 g/mol. The second-order valence-corrected chi connectivity index (χ2v) is 5.99. The summed E-state index contributed by atoms with van der Waals surface area (Å²) in [5.41, 5.74) is 2.00. The van der Waals surface area contributed by atoms with Crippen molar-refractivity contribution in [1.29, 1.82) is 0 Å². The number of aromatic nitrogens is 3. The number of nitrogens with one attached hydrogen (secondary N) is 1. The van der Waals surface area contributed by atoms with E-state index < -0.39 is 0 Å². The number of carbonyl (C=O) groups excluding carboxylic acids is 1. The molecular formula is C17H22N6O. The molecule has 1 aliphatic rings. The zero-order valence-electron chi connectivity index (χ0n) is 14.1. The van der Waals surface area contributed by atoms with Gasteiger partial charge in [0.25, 0.3) is 5.91 Å². The van der Waals surface area contributed by atoms with Crippen molar-refractivity contribution >= 4 is 11.9 Å². The van der Waals surface area contributed by atoms with Crippen LogP contribution in [0.1, 0.15) is 21.9 Å². The lowest BCUT2D eigenvalue weighted by atomic mass is 10.3. The number of nitrogens with zero attached hydrogens (tertiary/aromatic N) is 5. The molecule has 3 rings (SSSR count). The maximum Gasteiger partial charge on any atom is 0.270 e. The first-order valence-corrected chi connectivity index (χ1v) is 8.09. The second kappa shape index (κ2) is 7.35. The first-order valence-electron chi connectivity index (χ1n) is 8.09.